The minimum Gasteiger partial charge on any atom is -0.482 e. The smallest absolute Gasteiger partial charge is 0.258 e. The number of nitrogens with zero attached hydrogens (tertiary/aromatic N) is 1. The van der Waals surface area contributed by atoms with Crippen LogP contribution in [0.2, 0.25) is 5.02 Å². The molecule has 1 unspecified atom stereocenters. The van der Waals surface area contributed by atoms with Gasteiger partial charge >= 0.3 is 0 Å². The van der Waals surface area contributed by atoms with E-state index in [2.05, 4.69) is 22.3 Å². The van der Waals surface area contributed by atoms with Crippen molar-refractivity contribution < 1.29 is 13.9 Å². The fourth-order valence-electron chi connectivity index (χ4n) is 2.94. The van der Waals surface area contributed by atoms with Crippen LogP contribution in [-0.4, -0.2) is 36.5 Å². The molecule has 1 N–H and O–H groups in total. The first-order chi connectivity index (χ1) is 12.1. The number of carbonyl (C=O) groups is 1. The first-order valence-electron chi connectivity index (χ1n) is 8.23. The molecule has 2 aromatic rings. The summed E-state index contributed by atoms with van der Waals surface area (Å²) in [6.45, 7) is 2.51. The van der Waals surface area contributed by atoms with Crippen LogP contribution in [0.25, 0.3) is 0 Å². The molecule has 0 bridgehead atoms. The Bertz CT molecular complexity index is 727. The standard InChI is InChI=1S/C19H20ClFN2O2/c20-17-10-15(21)6-7-18(17)25-13-19(24)22-16-8-9-23(12-16)11-14-4-2-1-3-5-14/h1-7,10,16H,8-9,11-13H2,(H,22,24). The van der Waals surface area contributed by atoms with Crippen molar-refractivity contribution >= 4 is 17.5 Å². The fourth-order valence-corrected chi connectivity index (χ4v) is 3.16. The Morgan fingerprint density at radius 2 is 2.08 bits per heavy atom. The van der Waals surface area contributed by atoms with Gasteiger partial charge in [0.1, 0.15) is 11.6 Å². The van der Waals surface area contributed by atoms with Gasteiger partial charge < -0.3 is 10.1 Å². The molecule has 1 saturated heterocycles. The van der Waals surface area contributed by atoms with E-state index in [-0.39, 0.29) is 23.6 Å². The highest BCUT2D eigenvalue weighted by molar-refractivity contribution is 6.32. The Morgan fingerprint density at radius 3 is 2.84 bits per heavy atom. The van der Waals surface area contributed by atoms with E-state index in [0.29, 0.717) is 5.75 Å². The second-order valence-electron chi connectivity index (χ2n) is 6.14. The zero-order chi connectivity index (χ0) is 17.6. The fraction of sp³-hybridized carbons (Fsp3) is 0.316. The third kappa shape index (κ3) is 5.18. The highest BCUT2D eigenvalue weighted by Crippen LogP contribution is 2.24. The van der Waals surface area contributed by atoms with Gasteiger partial charge in [-0.15, -0.1) is 0 Å². The summed E-state index contributed by atoms with van der Waals surface area (Å²) >= 11 is 5.88. The first-order valence-corrected chi connectivity index (χ1v) is 8.61. The summed E-state index contributed by atoms with van der Waals surface area (Å²) in [5.74, 6) is -0.339. The molecule has 0 saturated carbocycles. The normalized spacial score (nSPS) is 17.4. The maximum atomic E-state index is 13.0. The van der Waals surface area contributed by atoms with Crippen molar-refractivity contribution in [2.24, 2.45) is 0 Å². The Hall–Kier alpha value is -2.11. The van der Waals surface area contributed by atoms with Gasteiger partial charge in [-0.25, -0.2) is 4.39 Å². The van der Waals surface area contributed by atoms with Crippen molar-refractivity contribution in [2.45, 2.75) is 19.0 Å². The highest BCUT2D eigenvalue weighted by atomic mass is 35.5. The molecule has 132 valence electrons. The molecule has 25 heavy (non-hydrogen) atoms. The van der Waals surface area contributed by atoms with E-state index in [9.17, 15) is 9.18 Å². The van der Waals surface area contributed by atoms with Gasteiger partial charge in [0.2, 0.25) is 0 Å². The number of amides is 1. The molecule has 0 aromatic heterocycles. The van der Waals surface area contributed by atoms with E-state index in [1.165, 1.54) is 17.7 Å². The third-order valence-corrected chi connectivity index (χ3v) is 4.43. The van der Waals surface area contributed by atoms with Gasteiger partial charge in [-0.1, -0.05) is 41.9 Å². The summed E-state index contributed by atoms with van der Waals surface area (Å²) in [7, 11) is 0. The van der Waals surface area contributed by atoms with Gasteiger partial charge in [0.15, 0.2) is 6.61 Å². The van der Waals surface area contributed by atoms with Crippen molar-refractivity contribution in [1.29, 1.82) is 0 Å². The average molecular weight is 363 g/mol. The van der Waals surface area contributed by atoms with Gasteiger partial charge in [0.05, 0.1) is 5.02 Å². The van der Waals surface area contributed by atoms with Crippen molar-refractivity contribution in [3.05, 3.63) is 64.9 Å². The first kappa shape index (κ1) is 17.7. The molecule has 1 aliphatic heterocycles. The van der Waals surface area contributed by atoms with Crippen LogP contribution in [0.5, 0.6) is 5.75 Å². The number of rotatable bonds is 6. The monoisotopic (exact) mass is 362 g/mol. The van der Waals surface area contributed by atoms with Crippen LogP contribution < -0.4 is 10.1 Å². The Kier molecular flexibility index (Phi) is 5.89. The molecule has 0 spiro atoms. The van der Waals surface area contributed by atoms with E-state index in [1.54, 1.807) is 0 Å². The average Bonchev–Trinajstić information content (AvgIpc) is 3.02. The highest BCUT2D eigenvalue weighted by Gasteiger charge is 2.23. The number of ether oxygens (including phenoxy) is 1. The molecule has 3 rings (SSSR count). The summed E-state index contributed by atoms with van der Waals surface area (Å²) in [5, 5.41) is 3.13. The quantitative estimate of drug-likeness (QED) is 0.857. The molecule has 1 aliphatic rings. The second kappa shape index (κ2) is 8.32. The van der Waals surface area contributed by atoms with E-state index in [0.717, 1.165) is 32.1 Å². The summed E-state index contributed by atoms with van der Waals surface area (Å²) in [6, 6.07) is 14.2. The molecule has 2 aromatic carbocycles. The largest absolute Gasteiger partial charge is 0.482 e. The maximum absolute atomic E-state index is 13.0. The topological polar surface area (TPSA) is 41.6 Å². The number of halogens is 2. The third-order valence-electron chi connectivity index (χ3n) is 4.14. The van der Waals surface area contributed by atoms with Gasteiger partial charge in [-0.05, 0) is 30.2 Å². The van der Waals surface area contributed by atoms with Gasteiger partial charge in [0.25, 0.3) is 5.91 Å². The predicted octanol–water partition coefficient (Wildman–Crippen LogP) is 3.25. The molecular formula is C19H20ClFN2O2. The summed E-state index contributed by atoms with van der Waals surface area (Å²) in [6.07, 6.45) is 0.913. The Balaban J connectivity index is 1.43. The number of hydrogen-bond acceptors (Lipinski definition) is 3. The van der Waals surface area contributed by atoms with Crippen LogP contribution in [0.3, 0.4) is 0 Å². The van der Waals surface area contributed by atoms with Gasteiger partial charge in [-0.2, -0.15) is 0 Å². The van der Waals surface area contributed by atoms with Gasteiger partial charge in [0, 0.05) is 25.7 Å². The maximum Gasteiger partial charge on any atom is 0.258 e. The lowest BCUT2D eigenvalue weighted by molar-refractivity contribution is -0.123. The van der Waals surface area contributed by atoms with Crippen LogP contribution in [-0.2, 0) is 11.3 Å². The number of nitrogens with one attached hydrogen (secondary N) is 1. The summed E-state index contributed by atoms with van der Waals surface area (Å²) < 4.78 is 18.3. The Labute approximate surface area is 151 Å². The molecule has 1 fully saturated rings. The molecule has 4 nitrogen and oxygen atoms in total. The van der Waals surface area contributed by atoms with E-state index in [1.807, 2.05) is 18.2 Å². The molecule has 1 heterocycles. The SMILES string of the molecule is O=C(COc1ccc(F)cc1Cl)NC1CCN(Cc2ccccc2)C1. The van der Waals surface area contributed by atoms with E-state index >= 15 is 0 Å². The van der Waals surface area contributed by atoms with E-state index < -0.39 is 5.82 Å². The molecule has 1 atom stereocenters. The molecule has 6 heteroatoms. The predicted molar refractivity (Wildman–Crippen MR) is 95.2 cm³/mol. The number of hydrogen-bond donors (Lipinski definition) is 1. The molecule has 0 aliphatic carbocycles. The van der Waals surface area contributed by atoms with Crippen LogP contribution >= 0.6 is 11.6 Å². The van der Waals surface area contributed by atoms with Gasteiger partial charge in [-0.3, -0.25) is 9.69 Å². The Morgan fingerprint density at radius 1 is 1.28 bits per heavy atom. The number of benzene rings is 2. The molecule has 1 amide bonds. The lowest BCUT2D eigenvalue weighted by Crippen LogP contribution is -2.39. The zero-order valence-corrected chi connectivity index (χ0v) is 14.5. The molecular weight excluding hydrogens is 343 g/mol. The molecule has 0 radical (unpaired) electrons. The van der Waals surface area contributed by atoms with Crippen molar-refractivity contribution in [3.63, 3.8) is 0 Å². The summed E-state index contributed by atoms with van der Waals surface area (Å²) in [4.78, 5) is 14.4. The van der Waals surface area contributed by atoms with Crippen LogP contribution in [0.15, 0.2) is 48.5 Å². The van der Waals surface area contributed by atoms with Crippen LogP contribution in [0, 0.1) is 5.82 Å². The second-order valence-corrected chi connectivity index (χ2v) is 6.54. The lowest BCUT2D eigenvalue weighted by atomic mass is 10.2. The van der Waals surface area contributed by atoms with Crippen molar-refractivity contribution in [1.82, 2.24) is 10.2 Å². The minimum absolute atomic E-state index is 0.114. The lowest BCUT2D eigenvalue weighted by Gasteiger charge is -2.17. The summed E-state index contributed by atoms with van der Waals surface area (Å²) in [5.41, 5.74) is 1.27. The minimum atomic E-state index is -0.439. The number of carbonyl (C=O) groups excluding carboxylic acids is 1. The van der Waals surface area contributed by atoms with Crippen molar-refractivity contribution in [3.8, 4) is 5.75 Å². The number of likely N-dealkylation sites (tertiary alicyclic amines) is 1. The van der Waals surface area contributed by atoms with Crippen LogP contribution in [0.1, 0.15) is 12.0 Å². The van der Waals surface area contributed by atoms with Crippen LogP contribution in [0.4, 0.5) is 4.39 Å². The zero-order valence-electron chi connectivity index (χ0n) is 13.8. The van der Waals surface area contributed by atoms with Crippen molar-refractivity contribution in [2.75, 3.05) is 19.7 Å². The van der Waals surface area contributed by atoms with E-state index in [4.69, 9.17) is 16.3 Å².